The number of hydrogen-bond acceptors (Lipinski definition) is 3. The highest BCUT2D eigenvalue weighted by Crippen LogP contribution is 2.54. The van der Waals surface area contributed by atoms with E-state index in [4.69, 9.17) is 0 Å². The minimum Gasteiger partial charge on any atom is -0.324 e. The van der Waals surface area contributed by atoms with Crippen molar-refractivity contribution in [3.63, 3.8) is 0 Å². The standard InChI is InChI=1S/C15H16N4O/c20-15(12-6-10-5-11(10)7-12)18-13-1-2-14(17-8-13)19-4-3-16-9-19/h1-4,8-12H,5-7H2,(H,18,20). The Bertz CT molecular complexity index is 610. The van der Waals surface area contributed by atoms with E-state index >= 15 is 0 Å². The van der Waals surface area contributed by atoms with Gasteiger partial charge in [0, 0.05) is 18.3 Å². The quantitative estimate of drug-likeness (QED) is 0.928. The number of anilines is 1. The lowest BCUT2D eigenvalue weighted by molar-refractivity contribution is -0.120. The molecule has 5 heteroatoms. The molecule has 0 bridgehead atoms. The van der Waals surface area contributed by atoms with Crippen LogP contribution in [-0.4, -0.2) is 20.4 Å². The maximum atomic E-state index is 12.1. The predicted octanol–water partition coefficient (Wildman–Crippen LogP) is 2.25. The van der Waals surface area contributed by atoms with Gasteiger partial charge in [0.25, 0.3) is 0 Å². The first-order valence-corrected chi connectivity index (χ1v) is 7.05. The molecule has 0 aliphatic heterocycles. The van der Waals surface area contributed by atoms with Gasteiger partial charge in [-0.1, -0.05) is 0 Å². The van der Waals surface area contributed by atoms with Gasteiger partial charge >= 0.3 is 0 Å². The largest absolute Gasteiger partial charge is 0.324 e. The molecule has 1 N–H and O–H groups in total. The number of carbonyl (C=O) groups is 1. The third-order valence-corrected chi connectivity index (χ3v) is 4.40. The molecule has 2 heterocycles. The van der Waals surface area contributed by atoms with Crippen molar-refractivity contribution in [2.24, 2.45) is 17.8 Å². The summed E-state index contributed by atoms with van der Waals surface area (Å²) in [5, 5.41) is 2.97. The molecule has 0 spiro atoms. The molecule has 2 aromatic heterocycles. The number of fused-ring (bicyclic) bond motifs is 1. The fraction of sp³-hybridized carbons (Fsp3) is 0.400. The summed E-state index contributed by atoms with van der Waals surface area (Å²) in [6.45, 7) is 0. The van der Waals surface area contributed by atoms with Crippen molar-refractivity contribution < 1.29 is 4.79 Å². The molecule has 20 heavy (non-hydrogen) atoms. The Morgan fingerprint density at radius 3 is 2.75 bits per heavy atom. The van der Waals surface area contributed by atoms with E-state index in [1.807, 2.05) is 22.9 Å². The molecule has 5 nitrogen and oxygen atoms in total. The highest BCUT2D eigenvalue weighted by molar-refractivity contribution is 5.92. The number of nitrogens with zero attached hydrogens (tertiary/aromatic N) is 3. The van der Waals surface area contributed by atoms with Crippen LogP contribution in [0.15, 0.2) is 37.1 Å². The van der Waals surface area contributed by atoms with Gasteiger partial charge in [-0.3, -0.25) is 9.36 Å². The summed E-state index contributed by atoms with van der Waals surface area (Å²) in [5.41, 5.74) is 0.763. The summed E-state index contributed by atoms with van der Waals surface area (Å²) in [5.74, 6) is 2.80. The fourth-order valence-electron chi connectivity index (χ4n) is 3.18. The molecular weight excluding hydrogens is 252 g/mol. The molecule has 102 valence electrons. The average Bonchev–Trinajstić information content (AvgIpc) is 2.92. The summed E-state index contributed by atoms with van der Waals surface area (Å²) < 4.78 is 1.83. The van der Waals surface area contributed by atoms with Crippen molar-refractivity contribution in [2.45, 2.75) is 19.3 Å². The second-order valence-corrected chi connectivity index (χ2v) is 5.79. The van der Waals surface area contributed by atoms with Gasteiger partial charge in [0.2, 0.25) is 5.91 Å². The minimum absolute atomic E-state index is 0.148. The van der Waals surface area contributed by atoms with E-state index in [0.29, 0.717) is 0 Å². The topological polar surface area (TPSA) is 59.8 Å². The summed E-state index contributed by atoms with van der Waals surface area (Å²) in [4.78, 5) is 20.5. The van der Waals surface area contributed by atoms with E-state index in [-0.39, 0.29) is 11.8 Å². The van der Waals surface area contributed by atoms with Crippen LogP contribution >= 0.6 is 0 Å². The number of rotatable bonds is 3. The Labute approximate surface area is 117 Å². The highest BCUT2D eigenvalue weighted by Gasteiger charge is 2.47. The SMILES string of the molecule is O=C(Nc1ccc(-n2ccnc2)nc1)C1CC2CC2C1. The van der Waals surface area contributed by atoms with Gasteiger partial charge in [-0.25, -0.2) is 9.97 Å². The van der Waals surface area contributed by atoms with Crippen LogP contribution in [0.5, 0.6) is 0 Å². The number of aromatic nitrogens is 3. The zero-order valence-corrected chi connectivity index (χ0v) is 11.1. The van der Waals surface area contributed by atoms with Crippen LogP contribution in [0.4, 0.5) is 5.69 Å². The van der Waals surface area contributed by atoms with E-state index in [2.05, 4.69) is 15.3 Å². The zero-order chi connectivity index (χ0) is 13.5. The summed E-state index contributed by atoms with van der Waals surface area (Å²) >= 11 is 0. The third-order valence-electron chi connectivity index (χ3n) is 4.40. The Morgan fingerprint density at radius 1 is 1.25 bits per heavy atom. The Morgan fingerprint density at radius 2 is 2.10 bits per heavy atom. The first-order chi connectivity index (χ1) is 9.79. The highest BCUT2D eigenvalue weighted by atomic mass is 16.1. The van der Waals surface area contributed by atoms with Crippen molar-refractivity contribution in [1.82, 2.24) is 14.5 Å². The Balaban J connectivity index is 1.42. The minimum atomic E-state index is 0.148. The van der Waals surface area contributed by atoms with Crippen molar-refractivity contribution in [3.05, 3.63) is 37.1 Å². The number of hydrogen-bond donors (Lipinski definition) is 1. The van der Waals surface area contributed by atoms with Gasteiger partial charge in [-0.15, -0.1) is 0 Å². The molecular formula is C15H16N4O. The maximum Gasteiger partial charge on any atom is 0.227 e. The van der Waals surface area contributed by atoms with E-state index < -0.39 is 0 Å². The van der Waals surface area contributed by atoms with E-state index in [0.717, 1.165) is 36.2 Å². The average molecular weight is 268 g/mol. The molecule has 2 saturated carbocycles. The number of imidazole rings is 1. The summed E-state index contributed by atoms with van der Waals surface area (Å²) in [6.07, 6.45) is 10.4. The van der Waals surface area contributed by atoms with Crippen molar-refractivity contribution >= 4 is 11.6 Å². The molecule has 4 rings (SSSR count). The normalized spacial score (nSPS) is 27.1. The molecule has 2 unspecified atom stereocenters. The van der Waals surface area contributed by atoms with E-state index in [9.17, 15) is 4.79 Å². The molecule has 2 atom stereocenters. The molecule has 2 aliphatic carbocycles. The first-order valence-electron chi connectivity index (χ1n) is 7.05. The lowest BCUT2D eigenvalue weighted by Gasteiger charge is -2.12. The van der Waals surface area contributed by atoms with Gasteiger partial charge < -0.3 is 5.32 Å². The van der Waals surface area contributed by atoms with Crippen LogP contribution in [0.3, 0.4) is 0 Å². The Kier molecular flexibility index (Phi) is 2.58. The lowest BCUT2D eigenvalue weighted by atomic mass is 10.0. The zero-order valence-electron chi connectivity index (χ0n) is 11.1. The molecule has 2 aromatic rings. The number of amides is 1. The van der Waals surface area contributed by atoms with Crippen LogP contribution in [0.25, 0.3) is 5.82 Å². The van der Waals surface area contributed by atoms with Crippen molar-refractivity contribution in [1.29, 1.82) is 0 Å². The van der Waals surface area contributed by atoms with Crippen molar-refractivity contribution in [2.75, 3.05) is 5.32 Å². The van der Waals surface area contributed by atoms with Gasteiger partial charge in [0.05, 0.1) is 11.9 Å². The van der Waals surface area contributed by atoms with Gasteiger partial charge in [-0.05, 0) is 43.2 Å². The van der Waals surface area contributed by atoms with Crippen LogP contribution in [0.1, 0.15) is 19.3 Å². The molecule has 0 radical (unpaired) electrons. The number of carbonyl (C=O) groups excluding carboxylic acids is 1. The van der Waals surface area contributed by atoms with Gasteiger partial charge in [0.15, 0.2) is 0 Å². The predicted molar refractivity (Wildman–Crippen MR) is 74.3 cm³/mol. The number of pyridine rings is 1. The fourth-order valence-corrected chi connectivity index (χ4v) is 3.18. The molecule has 0 saturated heterocycles. The molecule has 2 fully saturated rings. The van der Waals surface area contributed by atoms with Crippen LogP contribution in [-0.2, 0) is 4.79 Å². The molecule has 2 aliphatic rings. The third kappa shape index (κ3) is 2.09. The van der Waals surface area contributed by atoms with Crippen LogP contribution in [0.2, 0.25) is 0 Å². The molecule has 1 amide bonds. The van der Waals surface area contributed by atoms with Gasteiger partial charge in [0.1, 0.15) is 12.1 Å². The van der Waals surface area contributed by atoms with E-state index in [1.165, 1.54) is 6.42 Å². The smallest absolute Gasteiger partial charge is 0.227 e. The van der Waals surface area contributed by atoms with Crippen LogP contribution in [0, 0.1) is 17.8 Å². The summed E-state index contributed by atoms with van der Waals surface area (Å²) in [6, 6.07) is 3.76. The maximum absolute atomic E-state index is 12.1. The monoisotopic (exact) mass is 268 g/mol. The van der Waals surface area contributed by atoms with Crippen molar-refractivity contribution in [3.8, 4) is 5.82 Å². The summed E-state index contributed by atoms with van der Waals surface area (Å²) in [7, 11) is 0. The van der Waals surface area contributed by atoms with E-state index in [1.54, 1.807) is 18.7 Å². The Hall–Kier alpha value is -2.17. The molecule has 0 aromatic carbocycles. The number of nitrogens with one attached hydrogen (secondary N) is 1. The van der Waals surface area contributed by atoms with Crippen LogP contribution < -0.4 is 5.32 Å². The first kappa shape index (κ1) is 11.6. The van der Waals surface area contributed by atoms with Gasteiger partial charge in [-0.2, -0.15) is 0 Å². The lowest BCUT2D eigenvalue weighted by Crippen LogP contribution is -2.21. The second-order valence-electron chi connectivity index (χ2n) is 5.79. The second kappa shape index (κ2) is 4.44.